The van der Waals surface area contributed by atoms with Gasteiger partial charge in [-0.15, -0.1) is 0 Å². The van der Waals surface area contributed by atoms with Crippen molar-refractivity contribution in [2.75, 3.05) is 0 Å². The monoisotopic (exact) mass is 440 g/mol. The van der Waals surface area contributed by atoms with Crippen molar-refractivity contribution in [1.82, 2.24) is 10.9 Å². The van der Waals surface area contributed by atoms with Crippen molar-refractivity contribution in [3.63, 3.8) is 0 Å². The van der Waals surface area contributed by atoms with Gasteiger partial charge in [-0.25, -0.2) is 0 Å². The Labute approximate surface area is 160 Å². The van der Waals surface area contributed by atoms with Crippen molar-refractivity contribution in [1.29, 1.82) is 0 Å². The summed E-state index contributed by atoms with van der Waals surface area (Å²) < 4.78 is 0.900. The average molecular weight is 440 g/mol. The number of nitrogens with one attached hydrogen (secondary N) is 2. The van der Waals surface area contributed by atoms with Crippen LogP contribution in [0, 0.1) is 3.57 Å². The highest BCUT2D eigenvalue weighted by atomic mass is 127. The van der Waals surface area contributed by atoms with Crippen molar-refractivity contribution < 1.29 is 4.79 Å². The molecule has 0 aromatic heterocycles. The number of halogens is 1. The molecule has 0 aliphatic carbocycles. The molecule has 2 N–H and O–H groups in total. The number of rotatable bonds is 5. The Morgan fingerprint density at radius 2 is 1.36 bits per heavy atom. The maximum absolute atomic E-state index is 12.2. The summed E-state index contributed by atoms with van der Waals surface area (Å²) in [7, 11) is 0. The maximum atomic E-state index is 12.2. The van der Waals surface area contributed by atoms with E-state index in [9.17, 15) is 4.79 Å². The number of hydrazine groups is 1. The van der Waals surface area contributed by atoms with E-state index in [1.54, 1.807) is 6.07 Å². The molecule has 3 rings (SSSR count). The predicted molar refractivity (Wildman–Crippen MR) is 111 cm³/mol. The second-order valence-electron chi connectivity index (χ2n) is 5.48. The molecule has 0 heterocycles. The molecule has 1 amide bonds. The molecule has 3 aromatic carbocycles. The van der Waals surface area contributed by atoms with Gasteiger partial charge in [0.15, 0.2) is 0 Å². The van der Waals surface area contributed by atoms with E-state index in [0.29, 0.717) is 11.3 Å². The molecule has 3 aromatic rings. The lowest BCUT2D eigenvalue weighted by atomic mass is 10.0. The number of benzene rings is 3. The summed E-state index contributed by atoms with van der Waals surface area (Å²) in [5.74, 6) is -0.188. The van der Waals surface area contributed by atoms with Crippen molar-refractivity contribution in [3.05, 3.63) is 100 Å². The van der Waals surface area contributed by atoms with Crippen molar-refractivity contribution >= 4 is 34.2 Å². The smallest absolute Gasteiger partial charge is 0.270 e. The first-order valence-corrected chi connectivity index (χ1v) is 8.88. The molecule has 0 aliphatic rings. The van der Waals surface area contributed by atoms with Crippen LogP contribution in [0.2, 0.25) is 0 Å². The Hall–Kier alpha value is -2.60. The molecule has 3 nitrogen and oxygen atoms in total. The second-order valence-corrected chi connectivity index (χ2v) is 6.64. The van der Waals surface area contributed by atoms with Crippen molar-refractivity contribution in [2.24, 2.45) is 0 Å². The van der Waals surface area contributed by atoms with E-state index in [-0.39, 0.29) is 5.91 Å². The molecule has 0 saturated heterocycles. The van der Waals surface area contributed by atoms with Crippen LogP contribution < -0.4 is 10.9 Å². The van der Waals surface area contributed by atoms with Gasteiger partial charge in [-0.2, -0.15) is 0 Å². The molecular weight excluding hydrogens is 423 g/mol. The SMILES string of the molecule is C=C(NNC(=O)c1ccccc1I)c1ccc(-c2ccccc2)cc1. The van der Waals surface area contributed by atoms with Gasteiger partial charge in [-0.05, 0) is 51.4 Å². The highest BCUT2D eigenvalue weighted by Gasteiger charge is 2.09. The predicted octanol–water partition coefficient (Wildman–Crippen LogP) is 4.86. The van der Waals surface area contributed by atoms with Gasteiger partial charge in [-0.3, -0.25) is 15.6 Å². The zero-order valence-corrected chi connectivity index (χ0v) is 15.7. The van der Waals surface area contributed by atoms with Gasteiger partial charge in [-0.1, -0.05) is 73.3 Å². The van der Waals surface area contributed by atoms with Gasteiger partial charge >= 0.3 is 0 Å². The topological polar surface area (TPSA) is 41.1 Å². The van der Waals surface area contributed by atoms with E-state index in [1.165, 1.54) is 5.56 Å². The van der Waals surface area contributed by atoms with Crippen molar-refractivity contribution in [2.45, 2.75) is 0 Å². The molecule has 0 unspecified atom stereocenters. The Morgan fingerprint density at radius 3 is 2.04 bits per heavy atom. The van der Waals surface area contributed by atoms with Gasteiger partial charge < -0.3 is 0 Å². The molecule has 4 heteroatoms. The molecule has 0 saturated carbocycles. The summed E-state index contributed by atoms with van der Waals surface area (Å²) in [4.78, 5) is 12.2. The minimum Gasteiger partial charge on any atom is -0.298 e. The minimum absolute atomic E-state index is 0.188. The molecule has 0 radical (unpaired) electrons. The highest BCUT2D eigenvalue weighted by molar-refractivity contribution is 14.1. The van der Waals surface area contributed by atoms with E-state index in [4.69, 9.17) is 0 Å². The summed E-state index contributed by atoms with van der Waals surface area (Å²) >= 11 is 2.14. The molecule has 0 spiro atoms. The summed E-state index contributed by atoms with van der Waals surface area (Å²) in [6, 6.07) is 25.7. The van der Waals surface area contributed by atoms with Gasteiger partial charge in [0.25, 0.3) is 5.91 Å². The van der Waals surface area contributed by atoms with Crippen LogP contribution in [0.15, 0.2) is 85.4 Å². The lowest BCUT2D eigenvalue weighted by molar-refractivity contribution is 0.0941. The van der Waals surface area contributed by atoms with E-state index in [0.717, 1.165) is 14.7 Å². The van der Waals surface area contributed by atoms with Crippen LogP contribution >= 0.6 is 22.6 Å². The van der Waals surface area contributed by atoms with E-state index in [2.05, 4.69) is 52.2 Å². The van der Waals surface area contributed by atoms with Crippen LogP contribution in [0.3, 0.4) is 0 Å². The molecule has 0 atom stereocenters. The van der Waals surface area contributed by atoms with Gasteiger partial charge in [0.05, 0.1) is 11.3 Å². The Bertz CT molecular complexity index is 889. The first-order valence-electron chi connectivity index (χ1n) is 7.81. The third-order valence-corrected chi connectivity index (χ3v) is 4.73. The number of carbonyl (C=O) groups is 1. The number of hydrogen-bond donors (Lipinski definition) is 2. The summed E-state index contributed by atoms with van der Waals surface area (Å²) in [5, 5.41) is 0. The first-order chi connectivity index (χ1) is 12.1. The third-order valence-electron chi connectivity index (χ3n) is 3.79. The van der Waals surface area contributed by atoms with Crippen LogP contribution in [0.25, 0.3) is 16.8 Å². The molecular formula is C21H17IN2O. The quantitative estimate of drug-likeness (QED) is 0.440. The lowest BCUT2D eigenvalue weighted by Crippen LogP contribution is -2.36. The molecule has 0 fully saturated rings. The van der Waals surface area contributed by atoms with Crippen LogP contribution in [0.4, 0.5) is 0 Å². The fourth-order valence-electron chi connectivity index (χ4n) is 2.41. The Balaban J connectivity index is 1.64. The lowest BCUT2D eigenvalue weighted by Gasteiger charge is -2.12. The molecule has 0 bridgehead atoms. The molecule has 0 aliphatic heterocycles. The number of hydrogen-bond acceptors (Lipinski definition) is 2. The number of carbonyl (C=O) groups excluding carboxylic acids is 1. The minimum atomic E-state index is -0.188. The summed E-state index contributed by atoms with van der Waals surface area (Å²) in [6.07, 6.45) is 0. The van der Waals surface area contributed by atoms with E-state index >= 15 is 0 Å². The summed E-state index contributed by atoms with van der Waals surface area (Å²) in [6.45, 7) is 3.99. The number of amides is 1. The average Bonchev–Trinajstić information content (AvgIpc) is 2.67. The van der Waals surface area contributed by atoms with Crippen LogP contribution in [-0.2, 0) is 0 Å². The molecule has 124 valence electrons. The standard InChI is InChI=1S/C21H17IN2O/c1-15(23-24-21(25)19-9-5-6-10-20(19)22)16-11-13-18(14-12-16)17-7-3-2-4-8-17/h2-14,23H,1H2,(H,24,25). The van der Waals surface area contributed by atoms with Gasteiger partial charge in [0.2, 0.25) is 0 Å². The first kappa shape index (κ1) is 17.2. The van der Waals surface area contributed by atoms with Crippen LogP contribution in [0.5, 0.6) is 0 Å². The Morgan fingerprint density at radius 1 is 0.760 bits per heavy atom. The maximum Gasteiger partial charge on any atom is 0.270 e. The van der Waals surface area contributed by atoms with Gasteiger partial charge in [0.1, 0.15) is 0 Å². The Kier molecular flexibility index (Phi) is 5.50. The van der Waals surface area contributed by atoms with Gasteiger partial charge in [0, 0.05) is 3.57 Å². The van der Waals surface area contributed by atoms with E-state index in [1.807, 2.05) is 60.7 Å². The van der Waals surface area contributed by atoms with Crippen LogP contribution in [0.1, 0.15) is 15.9 Å². The van der Waals surface area contributed by atoms with Crippen molar-refractivity contribution in [3.8, 4) is 11.1 Å². The summed E-state index contributed by atoms with van der Waals surface area (Å²) in [5.41, 5.74) is 10.1. The second kappa shape index (κ2) is 7.98. The third kappa shape index (κ3) is 4.28. The fourth-order valence-corrected chi connectivity index (χ4v) is 3.04. The zero-order valence-electron chi connectivity index (χ0n) is 13.5. The molecule has 25 heavy (non-hydrogen) atoms. The normalized spacial score (nSPS) is 10.1. The van der Waals surface area contributed by atoms with Crippen LogP contribution in [-0.4, -0.2) is 5.91 Å². The highest BCUT2D eigenvalue weighted by Crippen LogP contribution is 2.21. The van der Waals surface area contributed by atoms with E-state index < -0.39 is 0 Å². The largest absolute Gasteiger partial charge is 0.298 e. The zero-order chi connectivity index (χ0) is 17.6. The fraction of sp³-hybridized carbons (Fsp3) is 0.